The van der Waals surface area contributed by atoms with Crippen molar-refractivity contribution in [1.82, 2.24) is 0 Å². The van der Waals surface area contributed by atoms with E-state index in [1.807, 2.05) is 13.8 Å². The van der Waals surface area contributed by atoms with E-state index < -0.39 is 12.1 Å². The minimum atomic E-state index is -0.668. The van der Waals surface area contributed by atoms with Gasteiger partial charge in [0.15, 0.2) is 12.1 Å². The van der Waals surface area contributed by atoms with E-state index in [2.05, 4.69) is 0 Å². The number of rotatable bonds is 0. The molecule has 1 aliphatic carbocycles. The lowest BCUT2D eigenvalue weighted by Gasteiger charge is -2.29. The highest BCUT2D eigenvalue weighted by atomic mass is 16.8. The molecule has 3 fully saturated rings. The Labute approximate surface area is 83.1 Å². The van der Waals surface area contributed by atoms with Crippen LogP contribution in [0.2, 0.25) is 0 Å². The SMILES string of the molecule is CC1(C)O[C@@H]2[C@H]3CO[C@H](O)[C@H](C3)[C@@H]2O1. The van der Waals surface area contributed by atoms with Crippen molar-refractivity contribution in [3.05, 3.63) is 0 Å². The Morgan fingerprint density at radius 3 is 2.71 bits per heavy atom. The molecule has 3 rings (SSSR count). The minimum Gasteiger partial charge on any atom is -0.368 e. The zero-order valence-corrected chi connectivity index (χ0v) is 8.47. The van der Waals surface area contributed by atoms with Gasteiger partial charge in [-0.3, -0.25) is 0 Å². The molecule has 0 aromatic rings. The first-order chi connectivity index (χ1) is 6.57. The van der Waals surface area contributed by atoms with E-state index in [0.29, 0.717) is 12.5 Å². The molecule has 0 radical (unpaired) electrons. The lowest BCUT2D eigenvalue weighted by molar-refractivity contribution is -0.216. The molecule has 1 saturated carbocycles. The van der Waals surface area contributed by atoms with Crippen LogP contribution in [0.25, 0.3) is 0 Å². The van der Waals surface area contributed by atoms with E-state index in [4.69, 9.17) is 14.2 Å². The molecular weight excluding hydrogens is 184 g/mol. The Balaban J connectivity index is 1.87. The average molecular weight is 200 g/mol. The Kier molecular flexibility index (Phi) is 1.75. The molecule has 0 aromatic carbocycles. The summed E-state index contributed by atoms with van der Waals surface area (Å²) in [4.78, 5) is 0. The molecule has 5 atom stereocenters. The van der Waals surface area contributed by atoms with Gasteiger partial charge in [-0.05, 0) is 20.3 Å². The summed E-state index contributed by atoms with van der Waals surface area (Å²) < 4.78 is 16.9. The van der Waals surface area contributed by atoms with Crippen LogP contribution in [-0.4, -0.2) is 36.0 Å². The zero-order valence-electron chi connectivity index (χ0n) is 8.47. The van der Waals surface area contributed by atoms with E-state index in [1.54, 1.807) is 0 Å². The summed E-state index contributed by atoms with van der Waals surface area (Å²) >= 11 is 0. The third kappa shape index (κ3) is 1.15. The molecule has 0 spiro atoms. The number of aliphatic hydroxyl groups excluding tert-OH is 1. The van der Waals surface area contributed by atoms with Crippen molar-refractivity contribution < 1.29 is 19.3 Å². The summed E-state index contributed by atoms with van der Waals surface area (Å²) in [5.74, 6) is -0.000694. The molecule has 0 unspecified atom stereocenters. The maximum atomic E-state index is 9.66. The highest BCUT2D eigenvalue weighted by Crippen LogP contribution is 2.48. The maximum Gasteiger partial charge on any atom is 0.163 e. The minimum absolute atomic E-state index is 0.0208. The number of hydrogen-bond acceptors (Lipinski definition) is 4. The van der Waals surface area contributed by atoms with Crippen LogP contribution in [0.4, 0.5) is 0 Å². The van der Waals surface area contributed by atoms with Crippen molar-refractivity contribution >= 4 is 0 Å². The standard InChI is InChI=1S/C10H16O4/c1-10(2)13-7-5-3-6(8(7)14-10)9(11)12-4-5/h5-9,11H,3-4H2,1-2H3/t5-,6-,7-,8+,9+/m1/s1. The van der Waals surface area contributed by atoms with Crippen LogP contribution in [0.1, 0.15) is 20.3 Å². The van der Waals surface area contributed by atoms with Crippen LogP contribution in [0.5, 0.6) is 0 Å². The van der Waals surface area contributed by atoms with Crippen molar-refractivity contribution in [3.63, 3.8) is 0 Å². The fourth-order valence-corrected chi connectivity index (χ4v) is 2.92. The molecule has 80 valence electrons. The molecule has 2 heterocycles. The van der Waals surface area contributed by atoms with Crippen LogP contribution < -0.4 is 0 Å². The molecule has 0 amide bonds. The monoisotopic (exact) mass is 200 g/mol. The zero-order chi connectivity index (χ0) is 9.92. The second kappa shape index (κ2) is 2.70. The first-order valence-corrected chi connectivity index (χ1v) is 5.22. The fourth-order valence-electron chi connectivity index (χ4n) is 2.92. The van der Waals surface area contributed by atoms with Crippen molar-refractivity contribution in [3.8, 4) is 0 Å². The van der Waals surface area contributed by atoms with Gasteiger partial charge in [0.1, 0.15) is 0 Å². The summed E-state index contributed by atoms with van der Waals surface area (Å²) in [6.07, 6.45) is 0.436. The summed E-state index contributed by atoms with van der Waals surface area (Å²) in [6, 6.07) is 0. The topological polar surface area (TPSA) is 47.9 Å². The number of aliphatic hydroxyl groups is 1. The summed E-state index contributed by atoms with van der Waals surface area (Å²) in [6.45, 7) is 4.45. The number of ether oxygens (including phenoxy) is 3. The molecule has 2 aliphatic heterocycles. The first kappa shape index (κ1) is 9.09. The molecule has 0 aromatic heterocycles. The predicted molar refractivity (Wildman–Crippen MR) is 47.4 cm³/mol. The second-order valence-electron chi connectivity index (χ2n) is 4.95. The Morgan fingerprint density at radius 1 is 1.21 bits per heavy atom. The molecule has 4 heteroatoms. The van der Waals surface area contributed by atoms with Crippen molar-refractivity contribution in [2.24, 2.45) is 11.8 Å². The van der Waals surface area contributed by atoms with Crippen LogP contribution in [0, 0.1) is 11.8 Å². The van der Waals surface area contributed by atoms with Gasteiger partial charge in [0, 0.05) is 11.8 Å². The second-order valence-corrected chi connectivity index (χ2v) is 4.95. The molecule has 3 aliphatic rings. The molecule has 2 saturated heterocycles. The van der Waals surface area contributed by atoms with E-state index in [0.717, 1.165) is 6.42 Å². The van der Waals surface area contributed by atoms with Gasteiger partial charge < -0.3 is 19.3 Å². The van der Waals surface area contributed by atoms with Gasteiger partial charge in [-0.25, -0.2) is 0 Å². The van der Waals surface area contributed by atoms with E-state index in [1.165, 1.54) is 0 Å². The Bertz CT molecular complexity index is 253. The molecule has 14 heavy (non-hydrogen) atoms. The van der Waals surface area contributed by atoms with Crippen molar-refractivity contribution in [1.29, 1.82) is 0 Å². The molecule has 4 nitrogen and oxygen atoms in total. The summed E-state index contributed by atoms with van der Waals surface area (Å²) in [5.41, 5.74) is 0. The van der Waals surface area contributed by atoms with E-state index >= 15 is 0 Å². The molecular formula is C10H16O4. The number of fused-ring (bicyclic) bond motifs is 5. The van der Waals surface area contributed by atoms with Gasteiger partial charge in [-0.15, -0.1) is 0 Å². The van der Waals surface area contributed by atoms with Gasteiger partial charge in [-0.2, -0.15) is 0 Å². The normalized spacial score (nSPS) is 54.6. The van der Waals surface area contributed by atoms with E-state index in [9.17, 15) is 5.11 Å². The third-order valence-corrected chi connectivity index (χ3v) is 3.47. The predicted octanol–water partition coefficient (Wildman–Crippen LogP) is 0.491. The Hall–Kier alpha value is -0.160. The van der Waals surface area contributed by atoms with Crippen molar-refractivity contribution in [2.45, 2.75) is 44.6 Å². The highest BCUT2D eigenvalue weighted by Gasteiger charge is 2.58. The van der Waals surface area contributed by atoms with Crippen LogP contribution in [0.15, 0.2) is 0 Å². The van der Waals surface area contributed by atoms with Gasteiger partial charge in [0.2, 0.25) is 0 Å². The highest BCUT2D eigenvalue weighted by molar-refractivity contribution is 5.00. The van der Waals surface area contributed by atoms with Crippen molar-refractivity contribution in [2.75, 3.05) is 6.61 Å². The van der Waals surface area contributed by atoms with Gasteiger partial charge in [0.05, 0.1) is 18.8 Å². The summed E-state index contributed by atoms with van der Waals surface area (Å²) in [7, 11) is 0. The molecule has 2 bridgehead atoms. The van der Waals surface area contributed by atoms with Crippen LogP contribution >= 0.6 is 0 Å². The lowest BCUT2D eigenvalue weighted by Crippen LogP contribution is -2.35. The third-order valence-electron chi connectivity index (χ3n) is 3.47. The lowest BCUT2D eigenvalue weighted by atomic mass is 10.0. The first-order valence-electron chi connectivity index (χ1n) is 5.22. The van der Waals surface area contributed by atoms with Gasteiger partial charge >= 0.3 is 0 Å². The smallest absolute Gasteiger partial charge is 0.163 e. The number of hydrogen-bond donors (Lipinski definition) is 1. The summed E-state index contributed by atoms with van der Waals surface area (Å²) in [5, 5.41) is 9.66. The van der Waals surface area contributed by atoms with Gasteiger partial charge in [0.25, 0.3) is 0 Å². The van der Waals surface area contributed by atoms with Crippen LogP contribution in [0.3, 0.4) is 0 Å². The molecule has 1 N–H and O–H groups in total. The van der Waals surface area contributed by atoms with Crippen LogP contribution in [-0.2, 0) is 14.2 Å². The quantitative estimate of drug-likeness (QED) is 0.618. The fraction of sp³-hybridized carbons (Fsp3) is 1.00. The average Bonchev–Trinajstić information content (AvgIpc) is 2.53. The Morgan fingerprint density at radius 2 is 1.93 bits per heavy atom. The van der Waals surface area contributed by atoms with Gasteiger partial charge in [-0.1, -0.05) is 0 Å². The maximum absolute atomic E-state index is 9.66. The largest absolute Gasteiger partial charge is 0.368 e. The van der Waals surface area contributed by atoms with E-state index in [-0.39, 0.29) is 18.1 Å².